The molecule has 2 heterocycles. The zero-order valence-electron chi connectivity index (χ0n) is 17.7. The Labute approximate surface area is 187 Å². The van der Waals surface area contributed by atoms with Gasteiger partial charge in [0.25, 0.3) is 0 Å². The topological polar surface area (TPSA) is 47.0 Å². The molecule has 2 aromatic carbocycles. The van der Waals surface area contributed by atoms with Crippen molar-refractivity contribution in [1.29, 1.82) is 0 Å². The molecule has 1 aliphatic rings. The van der Waals surface area contributed by atoms with Gasteiger partial charge in [-0.25, -0.2) is 4.98 Å². The summed E-state index contributed by atoms with van der Waals surface area (Å²) < 4.78 is 10.5. The molecule has 0 spiro atoms. The molecule has 0 saturated carbocycles. The molecule has 0 radical (unpaired) electrons. The molecular formula is C24H28ClN3OS. The van der Waals surface area contributed by atoms with Crippen LogP contribution in [0.3, 0.4) is 0 Å². The van der Waals surface area contributed by atoms with Crippen molar-refractivity contribution >= 4 is 23.1 Å². The third-order valence-corrected chi connectivity index (χ3v) is 6.59. The molecule has 0 bridgehead atoms. The van der Waals surface area contributed by atoms with Crippen molar-refractivity contribution in [3.8, 4) is 27.7 Å². The average Bonchev–Trinajstić information content (AvgIpc) is 3.25. The van der Waals surface area contributed by atoms with Crippen LogP contribution in [0.1, 0.15) is 50.7 Å². The number of rotatable bonds is 6. The van der Waals surface area contributed by atoms with Crippen molar-refractivity contribution in [2.24, 2.45) is 0 Å². The lowest BCUT2D eigenvalue weighted by Crippen LogP contribution is -2.27. The summed E-state index contributed by atoms with van der Waals surface area (Å²) in [5.74, 6) is 2.09. The molecule has 3 aromatic rings. The second kappa shape index (κ2) is 9.46. The molecule has 0 unspecified atom stereocenters. The van der Waals surface area contributed by atoms with Gasteiger partial charge < -0.3 is 10.1 Å². The Kier molecular flexibility index (Phi) is 6.71. The van der Waals surface area contributed by atoms with Gasteiger partial charge in [0.1, 0.15) is 10.8 Å². The number of aromatic nitrogens is 2. The van der Waals surface area contributed by atoms with Crippen molar-refractivity contribution in [2.75, 3.05) is 13.1 Å². The molecule has 1 saturated heterocycles. The lowest BCUT2D eigenvalue weighted by Gasteiger charge is -2.25. The highest BCUT2D eigenvalue weighted by atomic mass is 35.5. The number of aryl methyl sites for hydroxylation is 1. The van der Waals surface area contributed by atoms with E-state index in [0.29, 0.717) is 16.7 Å². The van der Waals surface area contributed by atoms with Crippen molar-refractivity contribution in [2.45, 2.75) is 52.1 Å². The number of piperidine rings is 1. The van der Waals surface area contributed by atoms with Crippen LogP contribution in [0, 0.1) is 0 Å². The predicted octanol–water partition coefficient (Wildman–Crippen LogP) is 6.34. The maximum atomic E-state index is 6.45. The van der Waals surface area contributed by atoms with Gasteiger partial charge in [-0.05, 0) is 93.0 Å². The fourth-order valence-electron chi connectivity index (χ4n) is 4.09. The lowest BCUT2D eigenvalue weighted by molar-refractivity contribution is 0.242. The number of hydrogen-bond donors (Lipinski definition) is 1. The summed E-state index contributed by atoms with van der Waals surface area (Å²) in [6.45, 7) is 8.32. The Balaban J connectivity index is 1.70. The van der Waals surface area contributed by atoms with E-state index in [-0.39, 0.29) is 6.10 Å². The summed E-state index contributed by atoms with van der Waals surface area (Å²) >= 11 is 7.87. The molecular weight excluding hydrogens is 414 g/mol. The van der Waals surface area contributed by atoms with Crippen LogP contribution >= 0.6 is 23.1 Å². The van der Waals surface area contributed by atoms with Gasteiger partial charge in [0, 0.05) is 11.1 Å². The SMILES string of the molecule is CCc1cccc(C2CCNCC2)c1-c1nsc(-c2ccc(OC(C)C)c(Cl)c2)n1. The molecule has 1 N–H and O–H groups in total. The molecule has 158 valence electrons. The van der Waals surface area contributed by atoms with Gasteiger partial charge in [-0.2, -0.15) is 4.37 Å². The molecule has 0 atom stereocenters. The third kappa shape index (κ3) is 4.53. The van der Waals surface area contributed by atoms with Crippen molar-refractivity contribution in [3.63, 3.8) is 0 Å². The number of ether oxygens (including phenoxy) is 1. The van der Waals surface area contributed by atoms with Crippen molar-refractivity contribution < 1.29 is 4.74 Å². The maximum Gasteiger partial charge on any atom is 0.174 e. The van der Waals surface area contributed by atoms with E-state index >= 15 is 0 Å². The monoisotopic (exact) mass is 441 g/mol. The van der Waals surface area contributed by atoms with Gasteiger partial charge in [0.05, 0.1) is 11.1 Å². The second-order valence-electron chi connectivity index (χ2n) is 7.99. The van der Waals surface area contributed by atoms with E-state index < -0.39 is 0 Å². The standard InChI is InChI=1S/C24H28ClN3OS/c1-4-16-6-5-7-19(17-10-12-26-13-11-17)22(16)23-27-24(30-28-23)18-8-9-21(20(25)14-18)29-15(2)3/h5-9,14-15,17,26H,4,10-13H2,1-3H3. The first-order chi connectivity index (χ1) is 14.6. The van der Waals surface area contributed by atoms with E-state index in [4.69, 9.17) is 25.7 Å². The first-order valence-corrected chi connectivity index (χ1v) is 11.8. The minimum atomic E-state index is 0.0837. The quantitative estimate of drug-likeness (QED) is 0.484. The Morgan fingerprint density at radius 3 is 2.70 bits per heavy atom. The Hall–Kier alpha value is -1.95. The molecule has 0 aliphatic carbocycles. The van der Waals surface area contributed by atoms with E-state index in [2.05, 4.69) is 30.4 Å². The smallest absolute Gasteiger partial charge is 0.174 e. The summed E-state index contributed by atoms with van der Waals surface area (Å²) in [4.78, 5) is 4.94. The molecule has 4 rings (SSSR count). The van der Waals surface area contributed by atoms with Crippen LogP contribution in [0.2, 0.25) is 5.02 Å². The second-order valence-corrected chi connectivity index (χ2v) is 9.15. The highest BCUT2D eigenvalue weighted by molar-refractivity contribution is 7.09. The van der Waals surface area contributed by atoms with Crippen LogP contribution in [-0.2, 0) is 6.42 Å². The van der Waals surface area contributed by atoms with E-state index in [0.717, 1.165) is 48.7 Å². The van der Waals surface area contributed by atoms with Gasteiger partial charge in [-0.15, -0.1) is 0 Å². The zero-order valence-corrected chi connectivity index (χ0v) is 19.3. The Morgan fingerprint density at radius 2 is 2.00 bits per heavy atom. The van der Waals surface area contributed by atoms with Gasteiger partial charge in [-0.1, -0.05) is 36.7 Å². The van der Waals surface area contributed by atoms with Crippen LogP contribution in [-0.4, -0.2) is 28.6 Å². The summed E-state index contributed by atoms with van der Waals surface area (Å²) in [7, 11) is 0. The summed E-state index contributed by atoms with van der Waals surface area (Å²) in [5.41, 5.74) is 4.89. The fourth-order valence-corrected chi connectivity index (χ4v) is 4.98. The van der Waals surface area contributed by atoms with E-state index in [1.165, 1.54) is 28.2 Å². The van der Waals surface area contributed by atoms with E-state index in [1.807, 2.05) is 32.0 Å². The summed E-state index contributed by atoms with van der Waals surface area (Å²) in [6, 6.07) is 12.5. The molecule has 4 nitrogen and oxygen atoms in total. The highest BCUT2D eigenvalue weighted by Gasteiger charge is 2.23. The maximum absolute atomic E-state index is 6.45. The van der Waals surface area contributed by atoms with Crippen LogP contribution in [0.4, 0.5) is 0 Å². The Bertz CT molecular complexity index is 1010. The molecule has 1 fully saturated rings. The third-order valence-electron chi connectivity index (χ3n) is 5.53. The molecule has 6 heteroatoms. The zero-order chi connectivity index (χ0) is 21.1. The number of hydrogen-bond acceptors (Lipinski definition) is 5. The summed E-state index contributed by atoms with van der Waals surface area (Å²) in [5, 5.41) is 4.95. The number of nitrogens with one attached hydrogen (secondary N) is 1. The van der Waals surface area contributed by atoms with Crippen LogP contribution in [0.25, 0.3) is 22.0 Å². The number of nitrogens with zero attached hydrogens (tertiary/aromatic N) is 2. The molecule has 1 aliphatic heterocycles. The highest BCUT2D eigenvalue weighted by Crippen LogP contribution is 2.38. The summed E-state index contributed by atoms with van der Waals surface area (Å²) in [6.07, 6.45) is 3.37. The first kappa shape index (κ1) is 21.3. The molecule has 1 aromatic heterocycles. The van der Waals surface area contributed by atoms with Crippen LogP contribution in [0.5, 0.6) is 5.75 Å². The van der Waals surface area contributed by atoms with E-state index in [9.17, 15) is 0 Å². The number of halogens is 1. The van der Waals surface area contributed by atoms with E-state index in [1.54, 1.807) is 0 Å². The average molecular weight is 442 g/mol. The molecule has 30 heavy (non-hydrogen) atoms. The minimum Gasteiger partial charge on any atom is -0.489 e. The predicted molar refractivity (Wildman–Crippen MR) is 126 cm³/mol. The fraction of sp³-hybridized carbons (Fsp3) is 0.417. The first-order valence-electron chi connectivity index (χ1n) is 10.7. The van der Waals surface area contributed by atoms with Crippen molar-refractivity contribution in [1.82, 2.24) is 14.7 Å². The van der Waals surface area contributed by atoms with Crippen LogP contribution < -0.4 is 10.1 Å². The lowest BCUT2D eigenvalue weighted by atomic mass is 9.84. The van der Waals surface area contributed by atoms with Gasteiger partial charge in [-0.3, -0.25) is 0 Å². The van der Waals surface area contributed by atoms with Gasteiger partial charge in [0.2, 0.25) is 0 Å². The van der Waals surface area contributed by atoms with Gasteiger partial charge in [0.15, 0.2) is 5.82 Å². The van der Waals surface area contributed by atoms with Gasteiger partial charge >= 0.3 is 0 Å². The normalized spacial score (nSPS) is 15.0. The van der Waals surface area contributed by atoms with Crippen LogP contribution in [0.15, 0.2) is 36.4 Å². The minimum absolute atomic E-state index is 0.0837. The van der Waals surface area contributed by atoms with Crippen molar-refractivity contribution in [3.05, 3.63) is 52.5 Å². The largest absolute Gasteiger partial charge is 0.489 e. The Morgan fingerprint density at radius 1 is 1.20 bits per heavy atom. The molecule has 0 amide bonds. The number of benzene rings is 2.